The molecule has 0 radical (unpaired) electrons. The lowest BCUT2D eigenvalue weighted by Gasteiger charge is -2.40. The predicted octanol–water partition coefficient (Wildman–Crippen LogP) is 2.12. The maximum Gasteiger partial charge on any atom is 0.255 e. The molecule has 1 aliphatic heterocycles. The van der Waals surface area contributed by atoms with Gasteiger partial charge in [0.1, 0.15) is 0 Å². The molecule has 6 nitrogen and oxygen atoms in total. The average molecular weight is 341 g/mol. The van der Waals surface area contributed by atoms with Gasteiger partial charge in [-0.2, -0.15) is 0 Å². The maximum absolute atomic E-state index is 13.1. The number of benzene rings is 1. The SMILES string of the molecule is CO[C@H]1CCCN(C(=O)c2cnc3ccccc3c2)[C@H]1CCC(N)=O. The Kier molecular flexibility index (Phi) is 5.28. The summed E-state index contributed by atoms with van der Waals surface area (Å²) in [6.45, 7) is 0.648. The third-order valence-electron chi connectivity index (χ3n) is 4.80. The monoisotopic (exact) mass is 341 g/mol. The number of para-hydroxylation sites is 1. The van der Waals surface area contributed by atoms with Gasteiger partial charge in [0.2, 0.25) is 5.91 Å². The second kappa shape index (κ2) is 7.61. The highest BCUT2D eigenvalue weighted by atomic mass is 16.5. The van der Waals surface area contributed by atoms with Crippen molar-refractivity contribution in [1.29, 1.82) is 0 Å². The molecule has 0 aliphatic carbocycles. The third-order valence-corrected chi connectivity index (χ3v) is 4.80. The number of carbonyl (C=O) groups excluding carboxylic acids is 2. The molecule has 2 N–H and O–H groups in total. The van der Waals surface area contributed by atoms with E-state index in [9.17, 15) is 9.59 Å². The molecule has 2 amide bonds. The number of piperidine rings is 1. The van der Waals surface area contributed by atoms with Crippen LogP contribution in [0.4, 0.5) is 0 Å². The van der Waals surface area contributed by atoms with Crippen molar-refractivity contribution in [2.24, 2.45) is 5.73 Å². The van der Waals surface area contributed by atoms with Crippen LogP contribution in [0.15, 0.2) is 36.5 Å². The number of likely N-dealkylation sites (tertiary alicyclic amines) is 1. The van der Waals surface area contributed by atoms with Gasteiger partial charge in [-0.15, -0.1) is 0 Å². The van der Waals surface area contributed by atoms with Crippen LogP contribution in [0.5, 0.6) is 0 Å². The number of rotatable bonds is 5. The Morgan fingerprint density at radius 2 is 2.16 bits per heavy atom. The summed E-state index contributed by atoms with van der Waals surface area (Å²) in [5.74, 6) is -0.435. The minimum atomic E-state index is -0.361. The molecular weight excluding hydrogens is 318 g/mol. The van der Waals surface area contributed by atoms with Gasteiger partial charge < -0.3 is 15.4 Å². The van der Waals surface area contributed by atoms with Crippen LogP contribution >= 0.6 is 0 Å². The predicted molar refractivity (Wildman–Crippen MR) is 95.0 cm³/mol. The molecule has 1 aromatic heterocycles. The Balaban J connectivity index is 1.86. The first-order chi connectivity index (χ1) is 12.1. The number of aromatic nitrogens is 1. The van der Waals surface area contributed by atoms with Crippen molar-refractivity contribution in [2.75, 3.05) is 13.7 Å². The fraction of sp³-hybridized carbons (Fsp3) is 0.421. The fourth-order valence-corrected chi connectivity index (χ4v) is 3.53. The first-order valence-corrected chi connectivity index (χ1v) is 8.57. The van der Waals surface area contributed by atoms with Crippen LogP contribution in [0.1, 0.15) is 36.0 Å². The summed E-state index contributed by atoms with van der Waals surface area (Å²) < 4.78 is 5.56. The van der Waals surface area contributed by atoms with Crippen molar-refractivity contribution in [3.8, 4) is 0 Å². The Morgan fingerprint density at radius 3 is 2.92 bits per heavy atom. The van der Waals surface area contributed by atoms with Gasteiger partial charge in [-0.05, 0) is 31.4 Å². The summed E-state index contributed by atoms with van der Waals surface area (Å²) in [5.41, 5.74) is 6.71. The Morgan fingerprint density at radius 1 is 1.36 bits per heavy atom. The van der Waals surface area contributed by atoms with Crippen LogP contribution < -0.4 is 5.73 Å². The largest absolute Gasteiger partial charge is 0.379 e. The standard InChI is InChI=1S/C19H23N3O3/c1-25-17-7-4-10-22(16(17)8-9-18(20)23)19(24)14-11-13-5-2-3-6-15(13)21-12-14/h2-3,5-6,11-12,16-17H,4,7-10H2,1H3,(H2,20,23)/t16-,17-/m0/s1. The number of amides is 2. The summed E-state index contributed by atoms with van der Waals surface area (Å²) in [6.07, 6.45) is 4.04. The number of carbonyl (C=O) groups is 2. The van der Waals surface area contributed by atoms with E-state index in [1.165, 1.54) is 0 Å². The zero-order chi connectivity index (χ0) is 17.8. The average Bonchev–Trinajstić information content (AvgIpc) is 2.65. The van der Waals surface area contributed by atoms with Crippen molar-refractivity contribution in [3.05, 3.63) is 42.1 Å². The lowest BCUT2D eigenvalue weighted by molar-refractivity contribution is -0.118. The van der Waals surface area contributed by atoms with Gasteiger partial charge in [0.25, 0.3) is 5.91 Å². The van der Waals surface area contributed by atoms with E-state index in [1.54, 1.807) is 13.3 Å². The van der Waals surface area contributed by atoms with Crippen molar-refractivity contribution >= 4 is 22.7 Å². The topological polar surface area (TPSA) is 85.5 Å². The molecule has 0 spiro atoms. The number of methoxy groups -OCH3 is 1. The van der Waals surface area contributed by atoms with Crippen molar-refractivity contribution in [3.63, 3.8) is 0 Å². The van der Waals surface area contributed by atoms with Crippen LogP contribution in [-0.4, -0.2) is 47.5 Å². The smallest absolute Gasteiger partial charge is 0.255 e. The second-order valence-corrected chi connectivity index (χ2v) is 6.40. The second-order valence-electron chi connectivity index (χ2n) is 6.40. The summed E-state index contributed by atoms with van der Waals surface area (Å²) >= 11 is 0. The number of hydrogen-bond acceptors (Lipinski definition) is 4. The van der Waals surface area contributed by atoms with Crippen molar-refractivity contribution in [2.45, 2.75) is 37.8 Å². The van der Waals surface area contributed by atoms with Crippen LogP contribution in [0.3, 0.4) is 0 Å². The molecule has 1 aliphatic rings. The summed E-state index contributed by atoms with van der Waals surface area (Å²) in [7, 11) is 1.65. The van der Waals surface area contributed by atoms with Gasteiger partial charge in [-0.25, -0.2) is 0 Å². The fourth-order valence-electron chi connectivity index (χ4n) is 3.53. The summed E-state index contributed by atoms with van der Waals surface area (Å²) in [5, 5.41) is 0.933. The molecule has 2 aromatic rings. The lowest BCUT2D eigenvalue weighted by Crippen LogP contribution is -2.52. The van der Waals surface area contributed by atoms with Crippen LogP contribution in [0, 0.1) is 0 Å². The molecule has 1 saturated heterocycles. The molecule has 1 fully saturated rings. The molecular formula is C19H23N3O3. The first kappa shape index (κ1) is 17.4. The molecule has 0 bridgehead atoms. The quantitative estimate of drug-likeness (QED) is 0.902. The van der Waals surface area contributed by atoms with Crippen molar-refractivity contribution < 1.29 is 14.3 Å². The van der Waals surface area contributed by atoms with Gasteiger partial charge >= 0.3 is 0 Å². The highest BCUT2D eigenvalue weighted by Crippen LogP contribution is 2.26. The molecule has 2 heterocycles. The number of pyridine rings is 1. The molecule has 2 atom stereocenters. The number of nitrogens with zero attached hydrogens (tertiary/aromatic N) is 2. The Labute approximate surface area is 147 Å². The summed E-state index contributed by atoms with van der Waals surface area (Å²) in [6, 6.07) is 9.43. The summed E-state index contributed by atoms with van der Waals surface area (Å²) in [4.78, 5) is 30.5. The number of primary amides is 1. The van der Waals surface area contributed by atoms with Crippen LogP contribution in [-0.2, 0) is 9.53 Å². The van der Waals surface area contributed by atoms with E-state index in [-0.39, 0.29) is 30.4 Å². The van der Waals surface area contributed by atoms with E-state index in [0.717, 1.165) is 23.7 Å². The van der Waals surface area contributed by atoms with Gasteiger partial charge in [-0.1, -0.05) is 18.2 Å². The zero-order valence-electron chi connectivity index (χ0n) is 14.4. The molecule has 3 rings (SSSR count). The highest BCUT2D eigenvalue weighted by Gasteiger charge is 2.35. The Bertz CT molecular complexity index is 777. The molecule has 132 valence electrons. The molecule has 6 heteroatoms. The van der Waals surface area contributed by atoms with E-state index in [1.807, 2.05) is 35.2 Å². The van der Waals surface area contributed by atoms with Gasteiger partial charge in [0.15, 0.2) is 0 Å². The molecule has 1 aromatic carbocycles. The van der Waals surface area contributed by atoms with E-state index in [0.29, 0.717) is 18.5 Å². The minimum Gasteiger partial charge on any atom is -0.379 e. The number of ether oxygens (including phenoxy) is 1. The zero-order valence-corrected chi connectivity index (χ0v) is 14.4. The third kappa shape index (κ3) is 3.79. The van der Waals surface area contributed by atoms with E-state index in [2.05, 4.69) is 4.98 Å². The first-order valence-electron chi connectivity index (χ1n) is 8.57. The van der Waals surface area contributed by atoms with Gasteiger partial charge in [-0.3, -0.25) is 14.6 Å². The van der Waals surface area contributed by atoms with Crippen molar-refractivity contribution in [1.82, 2.24) is 9.88 Å². The lowest BCUT2D eigenvalue weighted by atomic mass is 9.93. The van der Waals surface area contributed by atoms with Crippen LogP contribution in [0.2, 0.25) is 0 Å². The normalized spacial score (nSPS) is 20.6. The highest BCUT2D eigenvalue weighted by molar-refractivity contribution is 5.97. The van der Waals surface area contributed by atoms with E-state index < -0.39 is 0 Å². The van der Waals surface area contributed by atoms with Gasteiger partial charge in [0.05, 0.1) is 23.2 Å². The Hall–Kier alpha value is -2.47. The number of fused-ring (bicyclic) bond motifs is 1. The number of nitrogens with two attached hydrogens (primary N) is 1. The molecule has 0 unspecified atom stereocenters. The van der Waals surface area contributed by atoms with E-state index in [4.69, 9.17) is 10.5 Å². The molecule has 25 heavy (non-hydrogen) atoms. The van der Waals surface area contributed by atoms with Crippen LogP contribution in [0.25, 0.3) is 10.9 Å². The maximum atomic E-state index is 13.1. The number of hydrogen-bond donors (Lipinski definition) is 1. The minimum absolute atomic E-state index is 0.0746. The molecule has 0 saturated carbocycles. The van der Waals surface area contributed by atoms with Gasteiger partial charge in [0, 0.05) is 31.7 Å². The van der Waals surface area contributed by atoms with E-state index >= 15 is 0 Å².